The number of nitrogens with one attached hydrogen (secondary N) is 1. The second kappa shape index (κ2) is 4.16. The van der Waals surface area contributed by atoms with Gasteiger partial charge in [-0.15, -0.1) is 0 Å². The maximum atomic E-state index is 11.2. The molecule has 0 saturated heterocycles. The Bertz CT molecular complexity index is 417. The van der Waals surface area contributed by atoms with Crippen LogP contribution in [-0.2, 0) is 0 Å². The van der Waals surface area contributed by atoms with E-state index < -0.39 is 5.97 Å². The maximum absolute atomic E-state index is 11.2. The lowest BCUT2D eigenvalue weighted by Crippen LogP contribution is -2.28. The lowest BCUT2D eigenvalue weighted by atomic mass is 10.0. The molecule has 0 amide bonds. The van der Waals surface area contributed by atoms with Crippen molar-refractivity contribution in [2.75, 3.05) is 5.32 Å². The Hall–Kier alpha value is -1.51. The summed E-state index contributed by atoms with van der Waals surface area (Å²) in [5.74, 6) is -0.890. The maximum Gasteiger partial charge on any atom is 0.337 e. The van der Waals surface area contributed by atoms with Crippen LogP contribution in [0.25, 0.3) is 0 Å². The van der Waals surface area contributed by atoms with E-state index in [4.69, 9.17) is 0 Å². The number of carbonyl (C=O) groups is 1. The van der Waals surface area contributed by atoms with Crippen molar-refractivity contribution in [2.45, 2.75) is 40.2 Å². The SMILES string of the molecule is Cc1cc(C)c(NC(C)(C)C)c(C(=O)O)c1. The fraction of sp³-hybridized carbons (Fsp3) is 0.462. The van der Waals surface area contributed by atoms with Crippen molar-refractivity contribution in [3.8, 4) is 0 Å². The van der Waals surface area contributed by atoms with Crippen LogP contribution in [-0.4, -0.2) is 16.6 Å². The molecule has 3 nitrogen and oxygen atoms in total. The Kier molecular flexibility index (Phi) is 3.27. The fourth-order valence-corrected chi connectivity index (χ4v) is 1.68. The lowest BCUT2D eigenvalue weighted by Gasteiger charge is -2.25. The van der Waals surface area contributed by atoms with Gasteiger partial charge in [0.1, 0.15) is 0 Å². The van der Waals surface area contributed by atoms with E-state index in [9.17, 15) is 9.90 Å². The summed E-state index contributed by atoms with van der Waals surface area (Å²) >= 11 is 0. The average Bonchev–Trinajstić information content (AvgIpc) is 2.07. The third kappa shape index (κ3) is 2.99. The highest BCUT2D eigenvalue weighted by Crippen LogP contribution is 2.25. The van der Waals surface area contributed by atoms with Gasteiger partial charge in [-0.05, 0) is 51.8 Å². The highest BCUT2D eigenvalue weighted by atomic mass is 16.4. The average molecular weight is 221 g/mol. The number of hydrogen-bond donors (Lipinski definition) is 2. The zero-order valence-corrected chi connectivity index (χ0v) is 10.5. The van der Waals surface area contributed by atoms with Crippen LogP contribution in [0.4, 0.5) is 5.69 Å². The number of carboxylic acid groups (broad SMARTS) is 1. The van der Waals surface area contributed by atoms with Gasteiger partial charge in [-0.25, -0.2) is 4.79 Å². The van der Waals surface area contributed by atoms with E-state index in [2.05, 4.69) is 5.32 Å². The van der Waals surface area contributed by atoms with Gasteiger partial charge in [0.15, 0.2) is 0 Å². The summed E-state index contributed by atoms with van der Waals surface area (Å²) in [5.41, 5.74) is 2.84. The van der Waals surface area contributed by atoms with Gasteiger partial charge in [0.25, 0.3) is 0 Å². The van der Waals surface area contributed by atoms with Gasteiger partial charge in [0.05, 0.1) is 11.3 Å². The molecule has 0 atom stereocenters. The van der Waals surface area contributed by atoms with Crippen LogP contribution in [0.5, 0.6) is 0 Å². The van der Waals surface area contributed by atoms with Crippen molar-refractivity contribution in [2.24, 2.45) is 0 Å². The van der Waals surface area contributed by atoms with Crippen LogP contribution in [0.1, 0.15) is 42.3 Å². The van der Waals surface area contributed by atoms with Gasteiger partial charge in [0, 0.05) is 5.54 Å². The van der Waals surface area contributed by atoms with Gasteiger partial charge in [-0.2, -0.15) is 0 Å². The summed E-state index contributed by atoms with van der Waals surface area (Å²) in [4.78, 5) is 11.2. The third-order valence-corrected chi connectivity index (χ3v) is 2.21. The van der Waals surface area contributed by atoms with Crippen LogP contribution in [0, 0.1) is 13.8 Å². The smallest absolute Gasteiger partial charge is 0.337 e. The Morgan fingerprint density at radius 1 is 1.25 bits per heavy atom. The molecule has 0 unspecified atom stereocenters. The molecule has 0 aliphatic heterocycles. The van der Waals surface area contributed by atoms with Crippen molar-refractivity contribution in [3.63, 3.8) is 0 Å². The van der Waals surface area contributed by atoms with E-state index in [1.807, 2.05) is 40.7 Å². The third-order valence-electron chi connectivity index (χ3n) is 2.21. The van der Waals surface area contributed by atoms with Crippen LogP contribution in [0.2, 0.25) is 0 Å². The highest BCUT2D eigenvalue weighted by Gasteiger charge is 2.18. The summed E-state index contributed by atoms with van der Waals surface area (Å²) in [6.07, 6.45) is 0. The molecule has 0 spiro atoms. The quantitative estimate of drug-likeness (QED) is 0.806. The van der Waals surface area contributed by atoms with Crippen molar-refractivity contribution < 1.29 is 9.90 Å². The molecule has 0 aliphatic carbocycles. The molecule has 0 aromatic heterocycles. The predicted octanol–water partition coefficient (Wildman–Crippen LogP) is 3.21. The number of rotatable bonds is 2. The normalized spacial score (nSPS) is 11.3. The minimum atomic E-state index is -0.890. The van der Waals surface area contributed by atoms with Crippen LogP contribution in [0.3, 0.4) is 0 Å². The summed E-state index contributed by atoms with van der Waals surface area (Å²) in [6.45, 7) is 9.86. The minimum Gasteiger partial charge on any atom is -0.478 e. The van der Waals surface area contributed by atoms with Crippen LogP contribution in [0.15, 0.2) is 12.1 Å². The zero-order chi connectivity index (χ0) is 12.5. The van der Waals surface area contributed by atoms with Crippen molar-refractivity contribution >= 4 is 11.7 Å². The number of hydrogen-bond acceptors (Lipinski definition) is 2. The molecule has 1 rings (SSSR count). The standard InChI is InChI=1S/C13H19NO2/c1-8-6-9(2)11(14-13(3,4)5)10(7-8)12(15)16/h6-7,14H,1-5H3,(H,15,16). The summed E-state index contributed by atoms with van der Waals surface area (Å²) in [6, 6.07) is 3.68. The predicted molar refractivity (Wildman–Crippen MR) is 66.3 cm³/mol. The Morgan fingerprint density at radius 2 is 1.81 bits per heavy atom. The molecule has 0 saturated carbocycles. The van der Waals surface area contributed by atoms with Crippen molar-refractivity contribution in [1.82, 2.24) is 0 Å². The highest BCUT2D eigenvalue weighted by molar-refractivity contribution is 5.95. The first-order valence-corrected chi connectivity index (χ1v) is 5.33. The molecule has 2 N–H and O–H groups in total. The first kappa shape index (κ1) is 12.6. The molecule has 0 radical (unpaired) electrons. The van der Waals surface area contributed by atoms with Gasteiger partial charge >= 0.3 is 5.97 Å². The number of benzene rings is 1. The molecule has 0 bridgehead atoms. The Labute approximate surface area is 96.5 Å². The van der Waals surface area contributed by atoms with Gasteiger partial charge in [0.2, 0.25) is 0 Å². The lowest BCUT2D eigenvalue weighted by molar-refractivity contribution is 0.0697. The number of carboxylic acids is 1. The molecule has 16 heavy (non-hydrogen) atoms. The molecule has 88 valence electrons. The fourth-order valence-electron chi connectivity index (χ4n) is 1.68. The molecular weight excluding hydrogens is 202 g/mol. The Balaban J connectivity index is 3.30. The zero-order valence-electron chi connectivity index (χ0n) is 10.5. The van der Waals surface area contributed by atoms with Crippen molar-refractivity contribution in [3.05, 3.63) is 28.8 Å². The van der Waals surface area contributed by atoms with E-state index >= 15 is 0 Å². The molecule has 0 fully saturated rings. The van der Waals surface area contributed by atoms with Crippen LogP contribution < -0.4 is 5.32 Å². The first-order valence-electron chi connectivity index (χ1n) is 5.33. The number of aryl methyl sites for hydroxylation is 2. The molecule has 0 heterocycles. The first-order chi connectivity index (χ1) is 7.20. The monoisotopic (exact) mass is 221 g/mol. The summed E-state index contributed by atoms with van der Waals surface area (Å²) < 4.78 is 0. The van der Waals surface area contributed by atoms with E-state index in [1.54, 1.807) is 6.07 Å². The summed E-state index contributed by atoms with van der Waals surface area (Å²) in [7, 11) is 0. The van der Waals surface area contributed by atoms with Gasteiger partial charge in [-0.3, -0.25) is 0 Å². The molecule has 1 aromatic carbocycles. The molecular formula is C13H19NO2. The topological polar surface area (TPSA) is 49.3 Å². The van der Waals surface area contributed by atoms with E-state index in [0.29, 0.717) is 11.3 Å². The van der Waals surface area contributed by atoms with E-state index in [0.717, 1.165) is 11.1 Å². The van der Waals surface area contributed by atoms with E-state index in [1.165, 1.54) is 0 Å². The molecule has 3 heteroatoms. The van der Waals surface area contributed by atoms with E-state index in [-0.39, 0.29) is 5.54 Å². The minimum absolute atomic E-state index is 0.149. The molecule has 0 aliphatic rings. The molecule has 1 aromatic rings. The van der Waals surface area contributed by atoms with Crippen molar-refractivity contribution in [1.29, 1.82) is 0 Å². The summed E-state index contributed by atoms with van der Waals surface area (Å²) in [5, 5.41) is 12.4. The van der Waals surface area contributed by atoms with Crippen LogP contribution >= 0.6 is 0 Å². The Morgan fingerprint density at radius 3 is 2.25 bits per heavy atom. The largest absolute Gasteiger partial charge is 0.478 e. The van der Waals surface area contributed by atoms with Gasteiger partial charge in [-0.1, -0.05) is 6.07 Å². The number of anilines is 1. The number of aromatic carboxylic acids is 1. The second-order valence-corrected chi connectivity index (χ2v) is 5.18. The second-order valence-electron chi connectivity index (χ2n) is 5.18. The van der Waals surface area contributed by atoms with Gasteiger partial charge < -0.3 is 10.4 Å².